The number of benzene rings is 2. The number of amides is 3. The standard InChI is InChI=1S/C30H41FN4O6S/c1-20-17-35(21(2)19-36)29(37)16-22-15-25(33-30(38)32-24-7-5-4-6-8-24)11-14-27(22)41-28(20)18-34(3)42(39,40)26-12-9-23(31)10-13-26/h9-15,20-21,24,28,36H,4-8,16-19H2,1-3H3,(H2,32,33,38)/t20-,21+,28-/m0/s1. The molecule has 0 aromatic heterocycles. The maximum Gasteiger partial charge on any atom is 0.319 e. The number of carbonyl (C=O) groups excluding carboxylic acids is 2. The second-order valence-electron chi connectivity index (χ2n) is 11.4. The predicted octanol–water partition coefficient (Wildman–Crippen LogP) is 3.75. The van der Waals surface area contributed by atoms with E-state index in [0.29, 0.717) is 17.0 Å². The SMILES string of the molecule is C[C@H](CO)N1C[C@H](C)[C@H](CN(C)S(=O)(=O)c2ccc(F)cc2)Oc2ccc(NC(=O)NC3CCCCC3)cc2CC1=O. The Bertz CT molecular complexity index is 1350. The van der Waals surface area contributed by atoms with Gasteiger partial charge in [-0.25, -0.2) is 17.6 Å². The number of urea groups is 1. The third kappa shape index (κ3) is 7.78. The van der Waals surface area contributed by atoms with Crippen LogP contribution in [-0.2, 0) is 21.2 Å². The van der Waals surface area contributed by atoms with Crippen molar-refractivity contribution < 1.29 is 32.2 Å². The summed E-state index contributed by atoms with van der Waals surface area (Å²) in [6.07, 6.45) is 4.56. The number of sulfonamides is 1. The van der Waals surface area contributed by atoms with E-state index in [1.54, 1.807) is 30.0 Å². The van der Waals surface area contributed by atoms with E-state index in [9.17, 15) is 27.5 Å². The van der Waals surface area contributed by atoms with Crippen molar-refractivity contribution in [2.75, 3.05) is 32.1 Å². The molecule has 0 saturated heterocycles. The minimum Gasteiger partial charge on any atom is -0.488 e. The minimum atomic E-state index is -3.95. The van der Waals surface area contributed by atoms with Gasteiger partial charge in [0.05, 0.1) is 30.5 Å². The highest BCUT2D eigenvalue weighted by atomic mass is 32.2. The summed E-state index contributed by atoms with van der Waals surface area (Å²) in [5, 5.41) is 15.7. The van der Waals surface area contributed by atoms with Gasteiger partial charge in [-0.15, -0.1) is 0 Å². The Balaban J connectivity index is 1.59. The van der Waals surface area contributed by atoms with Crippen LogP contribution in [0.3, 0.4) is 0 Å². The van der Waals surface area contributed by atoms with Gasteiger partial charge in [0, 0.05) is 36.8 Å². The van der Waals surface area contributed by atoms with Gasteiger partial charge in [-0.2, -0.15) is 4.31 Å². The summed E-state index contributed by atoms with van der Waals surface area (Å²) in [5.74, 6) is -0.669. The van der Waals surface area contributed by atoms with Gasteiger partial charge in [0.25, 0.3) is 0 Å². The topological polar surface area (TPSA) is 128 Å². The van der Waals surface area contributed by atoms with Gasteiger partial charge < -0.3 is 25.4 Å². The van der Waals surface area contributed by atoms with E-state index in [1.807, 2.05) is 6.92 Å². The number of anilines is 1. The van der Waals surface area contributed by atoms with Gasteiger partial charge >= 0.3 is 6.03 Å². The van der Waals surface area contributed by atoms with Crippen LogP contribution < -0.4 is 15.4 Å². The lowest BCUT2D eigenvalue weighted by molar-refractivity contribution is -0.134. The molecule has 1 saturated carbocycles. The molecule has 10 nitrogen and oxygen atoms in total. The van der Waals surface area contributed by atoms with Crippen LogP contribution in [0.15, 0.2) is 47.4 Å². The molecule has 12 heteroatoms. The number of likely N-dealkylation sites (N-methyl/N-ethyl adjacent to an activating group) is 1. The molecule has 1 heterocycles. The number of rotatable bonds is 8. The van der Waals surface area contributed by atoms with Gasteiger partial charge in [0.1, 0.15) is 17.7 Å². The number of halogens is 1. The van der Waals surface area contributed by atoms with Crippen LogP contribution in [0.1, 0.15) is 51.5 Å². The van der Waals surface area contributed by atoms with E-state index >= 15 is 0 Å². The molecule has 0 radical (unpaired) electrons. The zero-order valence-corrected chi connectivity index (χ0v) is 25.2. The molecule has 0 bridgehead atoms. The lowest BCUT2D eigenvalue weighted by Gasteiger charge is -2.33. The largest absolute Gasteiger partial charge is 0.488 e. The summed E-state index contributed by atoms with van der Waals surface area (Å²) in [4.78, 5) is 27.7. The van der Waals surface area contributed by atoms with Crippen LogP contribution in [0, 0.1) is 11.7 Å². The predicted molar refractivity (Wildman–Crippen MR) is 157 cm³/mol. The molecule has 1 fully saturated rings. The Kier molecular flexibility index (Phi) is 10.4. The molecule has 3 atom stereocenters. The molecule has 230 valence electrons. The van der Waals surface area contributed by atoms with E-state index in [2.05, 4.69) is 10.6 Å². The van der Waals surface area contributed by atoms with Crippen LogP contribution in [-0.4, -0.2) is 79.6 Å². The molecular formula is C30H41FN4O6S. The fourth-order valence-corrected chi connectivity index (χ4v) is 6.65. The van der Waals surface area contributed by atoms with Crippen molar-refractivity contribution in [2.24, 2.45) is 5.92 Å². The van der Waals surface area contributed by atoms with Crippen LogP contribution in [0.5, 0.6) is 5.75 Å². The number of aliphatic hydroxyl groups is 1. The van der Waals surface area contributed by atoms with Crippen LogP contribution in [0.4, 0.5) is 14.9 Å². The average Bonchev–Trinajstić information content (AvgIpc) is 3.00. The summed E-state index contributed by atoms with van der Waals surface area (Å²) in [7, 11) is -2.52. The summed E-state index contributed by atoms with van der Waals surface area (Å²) in [5.41, 5.74) is 1.04. The normalized spacial score (nSPS) is 21.0. The number of hydrogen-bond acceptors (Lipinski definition) is 6. The highest BCUT2D eigenvalue weighted by Crippen LogP contribution is 2.30. The van der Waals surface area contributed by atoms with E-state index in [4.69, 9.17) is 4.74 Å². The molecule has 42 heavy (non-hydrogen) atoms. The molecule has 3 N–H and O–H groups in total. The fraction of sp³-hybridized carbons (Fsp3) is 0.533. The van der Waals surface area contributed by atoms with E-state index < -0.39 is 28.0 Å². The first kappa shape index (κ1) is 31.7. The Hall–Kier alpha value is -3.22. The molecular weight excluding hydrogens is 563 g/mol. The Morgan fingerprint density at radius 1 is 1.17 bits per heavy atom. The van der Waals surface area contributed by atoms with Crippen molar-refractivity contribution in [1.82, 2.24) is 14.5 Å². The van der Waals surface area contributed by atoms with Gasteiger partial charge in [-0.3, -0.25) is 4.79 Å². The van der Waals surface area contributed by atoms with Gasteiger partial charge in [0.15, 0.2) is 0 Å². The monoisotopic (exact) mass is 604 g/mol. The Morgan fingerprint density at radius 2 is 1.86 bits per heavy atom. The Labute approximate surface area is 247 Å². The van der Waals surface area contributed by atoms with E-state index in [1.165, 1.54) is 25.6 Å². The second-order valence-corrected chi connectivity index (χ2v) is 13.4. The number of nitrogens with one attached hydrogen (secondary N) is 2. The number of fused-ring (bicyclic) bond motifs is 1. The molecule has 2 aliphatic rings. The molecule has 1 aliphatic heterocycles. The highest BCUT2D eigenvalue weighted by Gasteiger charge is 2.33. The highest BCUT2D eigenvalue weighted by molar-refractivity contribution is 7.89. The van der Waals surface area contributed by atoms with Gasteiger partial charge in [-0.05, 0) is 62.2 Å². The number of ether oxygens (including phenoxy) is 1. The van der Waals surface area contributed by atoms with Crippen LogP contribution in [0.25, 0.3) is 0 Å². The molecule has 1 aliphatic carbocycles. The average molecular weight is 605 g/mol. The molecule has 2 aromatic carbocycles. The lowest BCUT2D eigenvalue weighted by Crippen LogP contribution is -2.48. The van der Waals surface area contributed by atoms with Crippen molar-refractivity contribution >= 4 is 27.6 Å². The summed E-state index contributed by atoms with van der Waals surface area (Å²) < 4.78 is 47.5. The number of carbonyl (C=O) groups is 2. The fourth-order valence-electron chi connectivity index (χ4n) is 5.46. The first-order chi connectivity index (χ1) is 20.0. The minimum absolute atomic E-state index is 0.0252. The maximum absolute atomic E-state index is 13.4. The lowest BCUT2D eigenvalue weighted by atomic mass is 9.96. The molecule has 4 rings (SSSR count). The molecule has 0 spiro atoms. The molecule has 3 amide bonds. The smallest absolute Gasteiger partial charge is 0.319 e. The quantitative estimate of drug-likeness (QED) is 0.421. The third-order valence-electron chi connectivity index (χ3n) is 8.07. The summed E-state index contributed by atoms with van der Waals surface area (Å²) in [6, 6.07) is 9.04. The van der Waals surface area contributed by atoms with Crippen LogP contribution >= 0.6 is 0 Å². The first-order valence-electron chi connectivity index (χ1n) is 14.5. The molecule has 2 aromatic rings. The van der Waals surface area contributed by atoms with Crippen molar-refractivity contribution in [3.8, 4) is 5.75 Å². The Morgan fingerprint density at radius 3 is 2.52 bits per heavy atom. The second kappa shape index (κ2) is 13.8. The van der Waals surface area contributed by atoms with Crippen molar-refractivity contribution in [1.29, 1.82) is 0 Å². The zero-order valence-electron chi connectivity index (χ0n) is 24.4. The van der Waals surface area contributed by atoms with E-state index in [0.717, 1.165) is 42.1 Å². The van der Waals surface area contributed by atoms with E-state index in [-0.39, 0.29) is 54.9 Å². The van der Waals surface area contributed by atoms with Gasteiger partial charge in [0.2, 0.25) is 15.9 Å². The summed E-state index contributed by atoms with van der Waals surface area (Å²) in [6.45, 7) is 3.57. The third-order valence-corrected chi connectivity index (χ3v) is 9.91. The number of aliphatic hydroxyl groups excluding tert-OH is 1. The zero-order chi connectivity index (χ0) is 30.4. The number of nitrogens with zero attached hydrogens (tertiary/aromatic N) is 2. The van der Waals surface area contributed by atoms with Crippen LogP contribution in [0.2, 0.25) is 0 Å². The van der Waals surface area contributed by atoms with Crippen molar-refractivity contribution in [2.45, 2.75) is 75.5 Å². The van der Waals surface area contributed by atoms with Crippen molar-refractivity contribution in [3.05, 3.63) is 53.8 Å². The summed E-state index contributed by atoms with van der Waals surface area (Å²) >= 11 is 0. The van der Waals surface area contributed by atoms with Gasteiger partial charge in [-0.1, -0.05) is 26.2 Å². The number of hydrogen-bond donors (Lipinski definition) is 3. The maximum atomic E-state index is 13.4. The first-order valence-corrected chi connectivity index (χ1v) is 15.9. The molecule has 0 unspecified atom stereocenters. The van der Waals surface area contributed by atoms with Crippen molar-refractivity contribution in [3.63, 3.8) is 0 Å².